The second-order valence-corrected chi connectivity index (χ2v) is 2.98. The maximum atomic E-state index is 8.85. The van der Waals surface area contributed by atoms with E-state index in [2.05, 4.69) is 11.4 Å². The maximum absolute atomic E-state index is 8.85. The molecule has 75 valence electrons. The monoisotopic (exact) mass is 266 g/mol. The Labute approximate surface area is 111 Å². The molecule has 1 radical (unpaired) electrons. The molecule has 0 unspecified atom stereocenters. The van der Waals surface area contributed by atoms with Crippen LogP contribution >= 0.6 is 0 Å². The first-order valence-electron chi connectivity index (χ1n) is 4.62. The molecule has 14 heavy (non-hydrogen) atoms. The zero-order chi connectivity index (χ0) is 9.36. The van der Waals surface area contributed by atoms with Crippen molar-refractivity contribution in [1.82, 2.24) is 0 Å². The topological polar surface area (TPSA) is 34.3 Å². The van der Waals surface area contributed by atoms with Gasteiger partial charge < -0.3 is 10.4 Å². The van der Waals surface area contributed by atoms with Gasteiger partial charge in [-0.3, -0.25) is 0 Å². The Kier molecular flexibility index (Phi) is 9.96. The van der Waals surface area contributed by atoms with Gasteiger partial charge in [0.25, 0.3) is 0 Å². The molecule has 2 rings (SSSR count). The minimum Gasteiger partial charge on any atom is -0.662 e. The third kappa shape index (κ3) is 7.63. The number of rotatable bonds is 0. The fourth-order valence-electron chi connectivity index (χ4n) is 1.08. The number of aliphatic hydroxyl groups is 1. The zero-order valence-electron chi connectivity index (χ0n) is 8.26. The summed E-state index contributed by atoms with van der Waals surface area (Å²) < 4.78 is 0. The molecule has 2 nitrogen and oxygen atoms in total. The zero-order valence-corrected chi connectivity index (χ0v) is 11.1. The smallest absolute Gasteiger partial charge is 0.0507 e. The standard InChI is InChI=1S/C6H5.C5H10NO.Y/c1-2-4-6-5-3-1;7-5-1-3-6-4-2-5;/h1-5H;5,7H,1-4H2;/q2*-1;. The van der Waals surface area contributed by atoms with Crippen molar-refractivity contribution in [3.63, 3.8) is 0 Å². The summed E-state index contributed by atoms with van der Waals surface area (Å²) >= 11 is 0. The molecule has 1 heterocycles. The Morgan fingerprint density at radius 1 is 1.07 bits per heavy atom. The van der Waals surface area contributed by atoms with Crippen LogP contribution in [0.1, 0.15) is 12.8 Å². The summed E-state index contributed by atoms with van der Waals surface area (Å²) in [5.74, 6) is 0. The minimum absolute atomic E-state index is 0. The quantitative estimate of drug-likeness (QED) is 0.716. The molecular formula is C11H15NOY-2. The second kappa shape index (κ2) is 9.79. The Bertz CT molecular complexity index is 173. The van der Waals surface area contributed by atoms with Crippen LogP contribution in [0.5, 0.6) is 0 Å². The predicted molar refractivity (Wildman–Crippen MR) is 53.6 cm³/mol. The van der Waals surface area contributed by atoms with Crippen molar-refractivity contribution in [2.24, 2.45) is 0 Å². The average Bonchev–Trinajstić information content (AvgIpc) is 2.22. The molecule has 1 N–H and O–H groups in total. The van der Waals surface area contributed by atoms with E-state index >= 15 is 0 Å². The van der Waals surface area contributed by atoms with Crippen LogP contribution in [0.3, 0.4) is 0 Å². The Morgan fingerprint density at radius 2 is 1.64 bits per heavy atom. The number of benzene rings is 1. The van der Waals surface area contributed by atoms with Gasteiger partial charge in [-0.2, -0.15) is 36.4 Å². The van der Waals surface area contributed by atoms with E-state index in [1.165, 1.54) is 0 Å². The molecule has 0 bridgehead atoms. The van der Waals surface area contributed by atoms with Crippen LogP contribution in [0.4, 0.5) is 0 Å². The molecular weight excluding hydrogens is 251 g/mol. The van der Waals surface area contributed by atoms with Crippen molar-refractivity contribution in [3.8, 4) is 0 Å². The number of aliphatic hydroxyl groups excluding tert-OH is 1. The summed E-state index contributed by atoms with van der Waals surface area (Å²) in [6.45, 7) is 1.72. The van der Waals surface area contributed by atoms with Crippen molar-refractivity contribution in [1.29, 1.82) is 0 Å². The van der Waals surface area contributed by atoms with Gasteiger partial charge >= 0.3 is 0 Å². The Hall–Kier alpha value is 0.244. The van der Waals surface area contributed by atoms with Gasteiger partial charge in [0.1, 0.15) is 0 Å². The largest absolute Gasteiger partial charge is 0.662 e. The molecule has 0 spiro atoms. The SMILES string of the molecule is OC1CC[N-]CC1.[Y].[c-]1ccccc1. The van der Waals surface area contributed by atoms with Crippen molar-refractivity contribution in [3.05, 3.63) is 41.7 Å². The molecule has 1 fully saturated rings. The van der Waals surface area contributed by atoms with Crippen LogP contribution in [0.25, 0.3) is 5.32 Å². The number of nitrogens with zero attached hydrogens (tertiary/aromatic N) is 1. The molecule has 0 amide bonds. The van der Waals surface area contributed by atoms with Gasteiger partial charge in [0.2, 0.25) is 0 Å². The second-order valence-electron chi connectivity index (χ2n) is 2.98. The third-order valence-corrected chi connectivity index (χ3v) is 1.85. The van der Waals surface area contributed by atoms with E-state index in [0.717, 1.165) is 25.9 Å². The number of hydrogen-bond acceptors (Lipinski definition) is 1. The molecule has 1 aliphatic rings. The van der Waals surface area contributed by atoms with Crippen LogP contribution < -0.4 is 0 Å². The third-order valence-electron chi connectivity index (χ3n) is 1.85. The van der Waals surface area contributed by atoms with Gasteiger partial charge in [-0.1, -0.05) is 0 Å². The molecule has 1 saturated heterocycles. The van der Waals surface area contributed by atoms with E-state index in [-0.39, 0.29) is 38.8 Å². The van der Waals surface area contributed by atoms with E-state index in [9.17, 15) is 0 Å². The molecule has 0 atom stereocenters. The summed E-state index contributed by atoms with van der Waals surface area (Å²) in [6.07, 6.45) is 1.69. The van der Waals surface area contributed by atoms with Crippen LogP contribution in [0.2, 0.25) is 0 Å². The van der Waals surface area contributed by atoms with Gasteiger partial charge in [-0.05, 0) is 12.8 Å². The van der Waals surface area contributed by atoms with E-state index in [4.69, 9.17) is 5.11 Å². The van der Waals surface area contributed by atoms with Gasteiger partial charge in [0.05, 0.1) is 6.10 Å². The summed E-state index contributed by atoms with van der Waals surface area (Å²) in [7, 11) is 0. The van der Waals surface area contributed by atoms with Gasteiger partial charge in [-0.15, -0.1) is 13.1 Å². The summed E-state index contributed by atoms with van der Waals surface area (Å²) in [5, 5.41) is 12.9. The van der Waals surface area contributed by atoms with Crippen LogP contribution in [0.15, 0.2) is 30.3 Å². The van der Waals surface area contributed by atoms with E-state index < -0.39 is 0 Å². The molecule has 1 aromatic rings. The van der Waals surface area contributed by atoms with Crippen LogP contribution in [-0.2, 0) is 32.7 Å². The number of piperidine rings is 1. The van der Waals surface area contributed by atoms with E-state index in [1.807, 2.05) is 30.3 Å². The Balaban J connectivity index is 0.000000227. The van der Waals surface area contributed by atoms with Gasteiger partial charge in [-0.25, -0.2) is 0 Å². The van der Waals surface area contributed by atoms with Crippen molar-refractivity contribution < 1.29 is 37.8 Å². The van der Waals surface area contributed by atoms with Crippen molar-refractivity contribution in [2.45, 2.75) is 18.9 Å². The minimum atomic E-state index is -0.0579. The molecule has 0 aliphatic carbocycles. The van der Waals surface area contributed by atoms with E-state index in [0.29, 0.717) is 0 Å². The summed E-state index contributed by atoms with van der Waals surface area (Å²) in [4.78, 5) is 0. The normalized spacial score (nSPS) is 16.1. The van der Waals surface area contributed by atoms with E-state index in [1.54, 1.807) is 0 Å². The molecule has 3 heteroatoms. The van der Waals surface area contributed by atoms with Crippen LogP contribution in [-0.4, -0.2) is 24.3 Å². The fourth-order valence-corrected chi connectivity index (χ4v) is 1.08. The predicted octanol–water partition coefficient (Wildman–Crippen LogP) is 2.00. The summed E-state index contributed by atoms with van der Waals surface area (Å²) in [6, 6.07) is 12.5. The van der Waals surface area contributed by atoms with Gasteiger partial charge in [0, 0.05) is 32.7 Å². The Morgan fingerprint density at radius 3 is 1.86 bits per heavy atom. The molecule has 0 aromatic heterocycles. The number of hydrogen-bond donors (Lipinski definition) is 1. The average molecular weight is 266 g/mol. The molecule has 1 aliphatic heterocycles. The van der Waals surface area contributed by atoms with Gasteiger partial charge in [0.15, 0.2) is 0 Å². The van der Waals surface area contributed by atoms with Crippen LogP contribution in [0, 0.1) is 6.07 Å². The molecule has 1 aromatic carbocycles. The fraction of sp³-hybridized carbons (Fsp3) is 0.455. The first kappa shape index (κ1) is 14.2. The van der Waals surface area contributed by atoms with Crippen molar-refractivity contribution >= 4 is 0 Å². The maximum Gasteiger partial charge on any atom is 0.0507 e. The van der Waals surface area contributed by atoms with Crippen molar-refractivity contribution in [2.75, 3.05) is 13.1 Å². The molecule has 0 saturated carbocycles. The summed E-state index contributed by atoms with van der Waals surface area (Å²) in [5.41, 5.74) is 0. The first-order chi connectivity index (χ1) is 6.39. The first-order valence-corrected chi connectivity index (χ1v) is 4.62.